The van der Waals surface area contributed by atoms with Gasteiger partial charge in [-0.25, -0.2) is 0 Å². The molecule has 0 bridgehead atoms. The second-order valence-corrected chi connectivity index (χ2v) is 3.80. The molecule has 1 aromatic rings. The summed E-state index contributed by atoms with van der Waals surface area (Å²) in [5, 5.41) is 10.6. The summed E-state index contributed by atoms with van der Waals surface area (Å²) in [5.41, 5.74) is 1.27. The molecule has 13 heavy (non-hydrogen) atoms. The quantitative estimate of drug-likeness (QED) is 0.467. The Bertz CT molecular complexity index is 354. The van der Waals surface area contributed by atoms with Crippen LogP contribution in [-0.4, -0.2) is 4.92 Å². The highest BCUT2D eigenvalue weighted by atomic mass is 79.9. The van der Waals surface area contributed by atoms with Crippen molar-refractivity contribution in [3.63, 3.8) is 0 Å². The van der Waals surface area contributed by atoms with Gasteiger partial charge in [-0.2, -0.15) is 0 Å². The van der Waals surface area contributed by atoms with Gasteiger partial charge in [0.15, 0.2) is 0 Å². The van der Waals surface area contributed by atoms with Gasteiger partial charge in [-0.1, -0.05) is 15.9 Å². The molecule has 0 aliphatic heterocycles. The molecule has 0 atom stereocenters. The third-order valence-electron chi connectivity index (χ3n) is 1.67. The highest BCUT2D eigenvalue weighted by Crippen LogP contribution is 2.28. The van der Waals surface area contributed by atoms with Crippen LogP contribution in [0.3, 0.4) is 0 Å². The van der Waals surface area contributed by atoms with Crippen molar-refractivity contribution in [2.75, 3.05) is 0 Å². The Hall–Kier alpha value is -0.610. The molecule has 5 heteroatoms. The van der Waals surface area contributed by atoms with Gasteiger partial charge in [-0.15, -0.1) is 11.6 Å². The van der Waals surface area contributed by atoms with Crippen molar-refractivity contribution in [3.05, 3.63) is 37.8 Å². The Balaban J connectivity index is 3.38. The Morgan fingerprint density at radius 1 is 1.62 bits per heavy atom. The van der Waals surface area contributed by atoms with Crippen LogP contribution in [0.4, 0.5) is 5.69 Å². The summed E-state index contributed by atoms with van der Waals surface area (Å²) < 4.78 is 0.811. The summed E-state index contributed by atoms with van der Waals surface area (Å²) in [6, 6.07) is 3.37. The topological polar surface area (TPSA) is 43.1 Å². The highest BCUT2D eigenvalue weighted by molar-refractivity contribution is 9.10. The largest absolute Gasteiger partial charge is 0.276 e. The summed E-state index contributed by atoms with van der Waals surface area (Å²) >= 11 is 8.85. The SMILES string of the molecule is Cc1cc(Br)cc(CCl)c1[N+](=O)[O-]. The lowest BCUT2D eigenvalue weighted by molar-refractivity contribution is -0.386. The minimum atomic E-state index is -0.403. The lowest BCUT2D eigenvalue weighted by Crippen LogP contribution is -1.96. The number of benzene rings is 1. The Morgan fingerprint density at radius 2 is 2.23 bits per heavy atom. The molecule has 3 nitrogen and oxygen atoms in total. The Kier molecular flexibility index (Phi) is 3.27. The minimum absolute atomic E-state index is 0.109. The van der Waals surface area contributed by atoms with Crippen molar-refractivity contribution in [1.82, 2.24) is 0 Å². The minimum Gasteiger partial charge on any atom is -0.258 e. The standard InChI is InChI=1S/C8H7BrClNO2/c1-5-2-7(9)3-6(4-10)8(5)11(12)13/h2-3H,4H2,1H3. The van der Waals surface area contributed by atoms with E-state index in [4.69, 9.17) is 11.6 Å². The van der Waals surface area contributed by atoms with Gasteiger partial charge < -0.3 is 0 Å². The number of halogens is 2. The summed E-state index contributed by atoms with van der Waals surface area (Å²) in [5.74, 6) is 0.149. The zero-order valence-corrected chi connectivity index (χ0v) is 9.22. The molecular formula is C8H7BrClNO2. The van der Waals surface area contributed by atoms with E-state index in [0.717, 1.165) is 4.47 Å². The third kappa shape index (κ3) is 2.19. The summed E-state index contributed by atoms with van der Waals surface area (Å²) in [4.78, 5) is 10.2. The summed E-state index contributed by atoms with van der Waals surface area (Å²) in [6.07, 6.45) is 0. The van der Waals surface area contributed by atoms with Gasteiger partial charge in [0.2, 0.25) is 0 Å². The first-order valence-corrected chi connectivity index (χ1v) is 4.88. The van der Waals surface area contributed by atoms with E-state index in [-0.39, 0.29) is 11.6 Å². The van der Waals surface area contributed by atoms with Gasteiger partial charge in [0.1, 0.15) is 0 Å². The van der Waals surface area contributed by atoms with Crippen molar-refractivity contribution in [3.8, 4) is 0 Å². The highest BCUT2D eigenvalue weighted by Gasteiger charge is 2.16. The zero-order chi connectivity index (χ0) is 10.0. The van der Waals surface area contributed by atoms with Gasteiger partial charge in [0.25, 0.3) is 5.69 Å². The van der Waals surface area contributed by atoms with Gasteiger partial charge in [0, 0.05) is 15.6 Å². The normalized spacial score (nSPS) is 10.1. The van der Waals surface area contributed by atoms with E-state index in [1.165, 1.54) is 0 Å². The van der Waals surface area contributed by atoms with E-state index >= 15 is 0 Å². The fourth-order valence-corrected chi connectivity index (χ4v) is 1.99. The average molecular weight is 265 g/mol. The molecule has 1 aromatic carbocycles. The maximum Gasteiger partial charge on any atom is 0.276 e. The second-order valence-electron chi connectivity index (χ2n) is 2.62. The predicted molar refractivity (Wildman–Crippen MR) is 55.1 cm³/mol. The van der Waals surface area contributed by atoms with Gasteiger partial charge in [0.05, 0.1) is 10.8 Å². The number of alkyl halides is 1. The maximum atomic E-state index is 10.6. The van der Waals surface area contributed by atoms with E-state index in [1.54, 1.807) is 19.1 Å². The molecule has 0 spiro atoms. The molecule has 0 heterocycles. The van der Waals surface area contributed by atoms with Crippen LogP contribution in [0.1, 0.15) is 11.1 Å². The molecule has 0 saturated carbocycles. The summed E-state index contributed by atoms with van der Waals surface area (Å²) in [7, 11) is 0. The van der Waals surface area contributed by atoms with E-state index in [0.29, 0.717) is 11.1 Å². The van der Waals surface area contributed by atoms with Crippen LogP contribution in [-0.2, 0) is 5.88 Å². The summed E-state index contributed by atoms with van der Waals surface area (Å²) in [6.45, 7) is 1.69. The van der Waals surface area contributed by atoms with Crippen LogP contribution < -0.4 is 0 Å². The van der Waals surface area contributed by atoms with Crippen LogP contribution in [0.15, 0.2) is 16.6 Å². The fraction of sp³-hybridized carbons (Fsp3) is 0.250. The van der Waals surface area contributed by atoms with Crippen molar-refractivity contribution in [2.45, 2.75) is 12.8 Å². The first-order chi connectivity index (χ1) is 6.06. The molecule has 0 aromatic heterocycles. The Morgan fingerprint density at radius 3 is 2.69 bits per heavy atom. The first kappa shape index (κ1) is 10.5. The van der Waals surface area contributed by atoms with Crippen LogP contribution in [0, 0.1) is 17.0 Å². The van der Waals surface area contributed by atoms with Crippen LogP contribution in [0.5, 0.6) is 0 Å². The van der Waals surface area contributed by atoms with Gasteiger partial charge in [-0.3, -0.25) is 10.1 Å². The lowest BCUT2D eigenvalue weighted by atomic mass is 10.1. The molecule has 0 aliphatic carbocycles. The number of hydrogen-bond donors (Lipinski definition) is 0. The molecule has 0 amide bonds. The average Bonchev–Trinajstić information content (AvgIpc) is 2.01. The van der Waals surface area contributed by atoms with E-state index in [1.807, 2.05) is 0 Å². The van der Waals surface area contributed by atoms with E-state index in [9.17, 15) is 10.1 Å². The van der Waals surface area contributed by atoms with Crippen LogP contribution in [0.2, 0.25) is 0 Å². The van der Waals surface area contributed by atoms with Crippen molar-refractivity contribution in [1.29, 1.82) is 0 Å². The zero-order valence-electron chi connectivity index (χ0n) is 6.88. The maximum absolute atomic E-state index is 10.6. The van der Waals surface area contributed by atoms with E-state index in [2.05, 4.69) is 15.9 Å². The van der Waals surface area contributed by atoms with E-state index < -0.39 is 4.92 Å². The third-order valence-corrected chi connectivity index (χ3v) is 2.42. The van der Waals surface area contributed by atoms with Crippen LogP contribution in [0.25, 0.3) is 0 Å². The number of nitrogens with zero attached hydrogens (tertiary/aromatic N) is 1. The van der Waals surface area contributed by atoms with Crippen molar-refractivity contribution < 1.29 is 4.92 Å². The predicted octanol–water partition coefficient (Wildman–Crippen LogP) is 3.40. The fourth-order valence-electron chi connectivity index (χ4n) is 1.17. The molecule has 0 saturated heterocycles. The molecule has 0 radical (unpaired) electrons. The first-order valence-electron chi connectivity index (χ1n) is 3.55. The molecular weight excluding hydrogens is 257 g/mol. The van der Waals surface area contributed by atoms with Gasteiger partial charge >= 0.3 is 0 Å². The van der Waals surface area contributed by atoms with Gasteiger partial charge in [-0.05, 0) is 19.1 Å². The number of hydrogen-bond acceptors (Lipinski definition) is 2. The van der Waals surface area contributed by atoms with Crippen LogP contribution >= 0.6 is 27.5 Å². The smallest absolute Gasteiger partial charge is 0.258 e. The Labute approximate surface area is 89.0 Å². The number of aryl methyl sites for hydroxylation is 1. The lowest BCUT2D eigenvalue weighted by Gasteiger charge is -2.02. The molecule has 0 N–H and O–H groups in total. The molecule has 1 rings (SSSR count). The number of nitro benzene ring substituents is 1. The monoisotopic (exact) mass is 263 g/mol. The molecule has 0 unspecified atom stereocenters. The molecule has 0 fully saturated rings. The van der Waals surface area contributed by atoms with Crippen molar-refractivity contribution in [2.24, 2.45) is 0 Å². The second kappa shape index (κ2) is 4.07. The van der Waals surface area contributed by atoms with Crippen molar-refractivity contribution >= 4 is 33.2 Å². The number of rotatable bonds is 2. The molecule has 70 valence electrons. The molecule has 0 aliphatic rings. The number of nitro groups is 1.